The van der Waals surface area contributed by atoms with Gasteiger partial charge in [0.15, 0.2) is 5.96 Å². The van der Waals surface area contributed by atoms with E-state index in [0.717, 1.165) is 31.5 Å². The molecule has 2 aliphatic rings. The summed E-state index contributed by atoms with van der Waals surface area (Å²) in [4.78, 5) is 21.7. The second-order valence-electron chi connectivity index (χ2n) is 8.70. The maximum absolute atomic E-state index is 11.9. The number of carbonyl (C=O) groups is 1. The molecule has 2 rings (SSSR count). The molecule has 1 amide bonds. The summed E-state index contributed by atoms with van der Waals surface area (Å²) in [6.45, 7) is 16.0. The van der Waals surface area contributed by atoms with Crippen LogP contribution in [-0.2, 0) is 4.79 Å². The quantitative estimate of drug-likeness (QED) is 0.429. The van der Waals surface area contributed by atoms with Gasteiger partial charge in [-0.2, -0.15) is 0 Å². The highest BCUT2D eigenvalue weighted by atomic mass is 16.2. The minimum absolute atomic E-state index is 0.0838. The van der Waals surface area contributed by atoms with Crippen LogP contribution in [0, 0.1) is 11.3 Å². The predicted molar refractivity (Wildman–Crippen MR) is 108 cm³/mol. The van der Waals surface area contributed by atoms with Crippen LogP contribution in [0.3, 0.4) is 0 Å². The molecule has 1 unspecified atom stereocenters. The molecule has 6 heteroatoms. The Kier molecular flexibility index (Phi) is 8.19. The van der Waals surface area contributed by atoms with Crippen LogP contribution in [0.25, 0.3) is 0 Å². The zero-order valence-electron chi connectivity index (χ0n) is 17.3. The van der Waals surface area contributed by atoms with Gasteiger partial charge in [0.25, 0.3) is 0 Å². The third-order valence-corrected chi connectivity index (χ3v) is 5.23. The van der Waals surface area contributed by atoms with E-state index in [4.69, 9.17) is 4.99 Å². The van der Waals surface area contributed by atoms with E-state index < -0.39 is 0 Å². The fourth-order valence-corrected chi connectivity index (χ4v) is 3.70. The predicted octanol–water partition coefficient (Wildman–Crippen LogP) is 1.92. The third-order valence-electron chi connectivity index (χ3n) is 5.23. The number of hydrogen-bond donors (Lipinski definition) is 2. The first kappa shape index (κ1) is 21.0. The van der Waals surface area contributed by atoms with Crippen LogP contribution >= 0.6 is 0 Å². The van der Waals surface area contributed by atoms with Gasteiger partial charge in [0.2, 0.25) is 5.91 Å². The summed E-state index contributed by atoms with van der Waals surface area (Å²) in [7, 11) is 0. The standard InChI is InChI=1S/C20H39N5O/c1-5-21-19(23-11-10-22-18(26)20(2,3)4)25-14-9-17(16-25)15-24-12-7-6-8-13-24/h17H,5-16H2,1-4H3,(H,21,23)(H,22,26). The molecule has 0 spiro atoms. The van der Waals surface area contributed by atoms with Gasteiger partial charge in [0, 0.05) is 38.1 Å². The molecule has 2 N–H and O–H groups in total. The third kappa shape index (κ3) is 6.78. The van der Waals surface area contributed by atoms with Gasteiger partial charge in [-0.05, 0) is 45.2 Å². The van der Waals surface area contributed by atoms with E-state index in [1.807, 2.05) is 20.8 Å². The molecule has 2 fully saturated rings. The molecule has 0 aliphatic carbocycles. The summed E-state index contributed by atoms with van der Waals surface area (Å²) in [5.41, 5.74) is -0.342. The van der Waals surface area contributed by atoms with Crippen LogP contribution in [0.1, 0.15) is 53.4 Å². The maximum Gasteiger partial charge on any atom is 0.225 e. The number of likely N-dealkylation sites (tertiary alicyclic amines) is 2. The lowest BCUT2D eigenvalue weighted by Crippen LogP contribution is -2.42. The van der Waals surface area contributed by atoms with E-state index in [1.54, 1.807) is 0 Å². The molecular weight excluding hydrogens is 326 g/mol. The van der Waals surface area contributed by atoms with Crippen LogP contribution < -0.4 is 10.6 Å². The van der Waals surface area contributed by atoms with Gasteiger partial charge < -0.3 is 20.4 Å². The van der Waals surface area contributed by atoms with Crippen molar-refractivity contribution >= 4 is 11.9 Å². The maximum atomic E-state index is 11.9. The average Bonchev–Trinajstić information content (AvgIpc) is 3.05. The molecule has 150 valence electrons. The molecule has 0 radical (unpaired) electrons. The molecule has 0 aromatic rings. The monoisotopic (exact) mass is 365 g/mol. The van der Waals surface area contributed by atoms with Gasteiger partial charge >= 0.3 is 0 Å². The molecule has 2 aliphatic heterocycles. The van der Waals surface area contributed by atoms with Gasteiger partial charge in [-0.25, -0.2) is 0 Å². The summed E-state index contributed by atoms with van der Waals surface area (Å²) < 4.78 is 0. The lowest BCUT2D eigenvalue weighted by atomic mass is 9.96. The van der Waals surface area contributed by atoms with Crippen molar-refractivity contribution in [1.29, 1.82) is 0 Å². The summed E-state index contributed by atoms with van der Waals surface area (Å²) in [5, 5.41) is 6.39. The van der Waals surface area contributed by atoms with E-state index in [9.17, 15) is 4.79 Å². The summed E-state index contributed by atoms with van der Waals surface area (Å²) in [5.74, 6) is 1.83. The van der Waals surface area contributed by atoms with Gasteiger partial charge in [0.05, 0.1) is 6.54 Å². The number of guanidine groups is 1. The molecule has 26 heavy (non-hydrogen) atoms. The number of hydrogen-bond acceptors (Lipinski definition) is 3. The minimum Gasteiger partial charge on any atom is -0.357 e. The van der Waals surface area contributed by atoms with E-state index in [2.05, 4.69) is 27.4 Å². The second kappa shape index (κ2) is 10.1. The van der Waals surface area contributed by atoms with Gasteiger partial charge in [-0.1, -0.05) is 27.2 Å². The van der Waals surface area contributed by atoms with Gasteiger partial charge in [-0.15, -0.1) is 0 Å². The number of rotatable bonds is 6. The Morgan fingerprint density at radius 1 is 1.12 bits per heavy atom. The highest BCUT2D eigenvalue weighted by molar-refractivity contribution is 5.81. The smallest absolute Gasteiger partial charge is 0.225 e. The van der Waals surface area contributed by atoms with Crippen LogP contribution in [0.15, 0.2) is 4.99 Å². The van der Waals surface area contributed by atoms with Crippen molar-refractivity contribution < 1.29 is 4.79 Å². The Balaban J connectivity index is 1.78. The fourth-order valence-electron chi connectivity index (χ4n) is 3.70. The van der Waals surface area contributed by atoms with E-state index in [-0.39, 0.29) is 11.3 Å². The Labute approximate surface area is 159 Å². The molecule has 1 atom stereocenters. The van der Waals surface area contributed by atoms with Crippen molar-refractivity contribution in [2.24, 2.45) is 16.3 Å². The number of nitrogens with one attached hydrogen (secondary N) is 2. The highest BCUT2D eigenvalue weighted by Gasteiger charge is 2.27. The number of amides is 1. The van der Waals surface area contributed by atoms with Crippen molar-refractivity contribution in [2.45, 2.75) is 53.4 Å². The van der Waals surface area contributed by atoms with E-state index in [0.29, 0.717) is 13.1 Å². The largest absolute Gasteiger partial charge is 0.357 e. The average molecular weight is 366 g/mol. The summed E-state index contributed by atoms with van der Waals surface area (Å²) in [6, 6.07) is 0. The van der Waals surface area contributed by atoms with Crippen LogP contribution in [0.4, 0.5) is 0 Å². The fraction of sp³-hybridized carbons (Fsp3) is 0.900. The van der Waals surface area contributed by atoms with Gasteiger partial charge in [-0.3, -0.25) is 9.79 Å². The summed E-state index contributed by atoms with van der Waals surface area (Å²) in [6.07, 6.45) is 5.37. The molecule has 6 nitrogen and oxygen atoms in total. The van der Waals surface area contributed by atoms with Crippen molar-refractivity contribution in [1.82, 2.24) is 20.4 Å². The number of nitrogens with zero attached hydrogens (tertiary/aromatic N) is 3. The van der Waals surface area contributed by atoms with Gasteiger partial charge in [0.1, 0.15) is 0 Å². The molecule has 2 saturated heterocycles. The SMILES string of the molecule is CCNC(=NCCNC(=O)C(C)(C)C)N1CCC(CN2CCCCC2)C1. The van der Waals surface area contributed by atoms with E-state index >= 15 is 0 Å². The lowest BCUT2D eigenvalue weighted by Gasteiger charge is -2.29. The Morgan fingerprint density at radius 3 is 2.50 bits per heavy atom. The minimum atomic E-state index is -0.342. The normalized spacial score (nSPS) is 22.5. The van der Waals surface area contributed by atoms with Crippen LogP contribution in [0.2, 0.25) is 0 Å². The van der Waals surface area contributed by atoms with Crippen LogP contribution in [-0.4, -0.2) is 74.0 Å². The number of carbonyl (C=O) groups excluding carboxylic acids is 1. The molecule has 0 bridgehead atoms. The Hall–Kier alpha value is -1.30. The Bertz CT molecular complexity index is 465. The first-order chi connectivity index (χ1) is 12.4. The zero-order chi connectivity index (χ0) is 19.0. The molecule has 0 aromatic heterocycles. The number of piperidine rings is 1. The van der Waals surface area contributed by atoms with Crippen molar-refractivity contribution in [3.63, 3.8) is 0 Å². The van der Waals surface area contributed by atoms with E-state index in [1.165, 1.54) is 45.3 Å². The highest BCUT2D eigenvalue weighted by Crippen LogP contribution is 2.20. The molecule has 0 saturated carbocycles. The lowest BCUT2D eigenvalue weighted by molar-refractivity contribution is -0.128. The van der Waals surface area contributed by atoms with Crippen LogP contribution in [0.5, 0.6) is 0 Å². The first-order valence-corrected chi connectivity index (χ1v) is 10.4. The number of aliphatic imine (C=N–C) groups is 1. The molecule has 0 aromatic carbocycles. The zero-order valence-corrected chi connectivity index (χ0v) is 17.3. The van der Waals surface area contributed by atoms with Crippen molar-refractivity contribution in [2.75, 3.05) is 52.4 Å². The molecular formula is C20H39N5O. The second-order valence-corrected chi connectivity index (χ2v) is 8.70. The molecule has 2 heterocycles. The summed E-state index contributed by atoms with van der Waals surface area (Å²) >= 11 is 0. The topological polar surface area (TPSA) is 60.0 Å². The first-order valence-electron chi connectivity index (χ1n) is 10.4. The Morgan fingerprint density at radius 2 is 1.85 bits per heavy atom. The van der Waals surface area contributed by atoms with Crippen molar-refractivity contribution in [3.05, 3.63) is 0 Å². The van der Waals surface area contributed by atoms with Crippen molar-refractivity contribution in [3.8, 4) is 0 Å².